The van der Waals surface area contributed by atoms with E-state index in [1.807, 2.05) is 0 Å². The highest BCUT2D eigenvalue weighted by atomic mass is 16.5. The molecule has 8 heteroatoms. The SMILES string of the molecule is NC(=O)[C@@H](Cc1ccc(O)c(O)c1)OC(=O)C=Cc1ccc(O)c(O)c1. The van der Waals surface area contributed by atoms with Crippen molar-refractivity contribution >= 4 is 18.0 Å². The van der Waals surface area contributed by atoms with Gasteiger partial charge in [-0.15, -0.1) is 0 Å². The lowest BCUT2D eigenvalue weighted by atomic mass is 10.1. The maximum Gasteiger partial charge on any atom is 0.331 e. The van der Waals surface area contributed by atoms with Crippen LogP contribution in [0.1, 0.15) is 11.1 Å². The molecule has 26 heavy (non-hydrogen) atoms. The minimum Gasteiger partial charge on any atom is -0.504 e. The van der Waals surface area contributed by atoms with Crippen molar-refractivity contribution in [1.82, 2.24) is 0 Å². The van der Waals surface area contributed by atoms with E-state index in [1.165, 1.54) is 42.5 Å². The molecule has 0 saturated carbocycles. The summed E-state index contributed by atoms with van der Waals surface area (Å²) in [5.41, 5.74) is 6.09. The standard InChI is InChI=1S/C18H17NO7/c19-18(25)16(9-11-2-5-13(21)15(23)8-11)26-17(24)6-3-10-1-4-12(20)14(22)7-10/h1-8,16,20-23H,9H2,(H2,19,25)/t16-/m1/s1. The van der Waals surface area contributed by atoms with Gasteiger partial charge in [0.1, 0.15) is 0 Å². The average molecular weight is 359 g/mol. The van der Waals surface area contributed by atoms with Crippen LogP contribution in [0.4, 0.5) is 0 Å². The summed E-state index contributed by atoms with van der Waals surface area (Å²) in [5, 5.41) is 37.4. The maximum absolute atomic E-state index is 11.9. The molecule has 0 saturated heterocycles. The van der Waals surface area contributed by atoms with Gasteiger partial charge in [0.25, 0.3) is 5.91 Å². The first-order valence-corrected chi connectivity index (χ1v) is 7.47. The van der Waals surface area contributed by atoms with Gasteiger partial charge in [0, 0.05) is 12.5 Å². The van der Waals surface area contributed by atoms with E-state index < -0.39 is 18.0 Å². The summed E-state index contributed by atoms with van der Waals surface area (Å²) in [7, 11) is 0. The van der Waals surface area contributed by atoms with Crippen LogP contribution in [0.5, 0.6) is 23.0 Å². The number of hydrogen-bond acceptors (Lipinski definition) is 7. The number of hydrogen-bond donors (Lipinski definition) is 5. The summed E-state index contributed by atoms with van der Waals surface area (Å²) in [6.07, 6.45) is 1.01. The van der Waals surface area contributed by atoms with Crippen molar-refractivity contribution in [2.24, 2.45) is 5.73 Å². The average Bonchev–Trinajstić information content (AvgIpc) is 2.58. The first-order valence-electron chi connectivity index (χ1n) is 7.47. The first-order chi connectivity index (χ1) is 12.3. The number of esters is 1. The largest absolute Gasteiger partial charge is 0.504 e. The molecular weight excluding hydrogens is 342 g/mol. The normalized spacial score (nSPS) is 12.0. The summed E-state index contributed by atoms with van der Waals surface area (Å²) in [6, 6.07) is 7.88. The van der Waals surface area contributed by atoms with Gasteiger partial charge in [-0.05, 0) is 41.5 Å². The third-order valence-corrected chi connectivity index (χ3v) is 3.45. The monoisotopic (exact) mass is 359 g/mol. The zero-order valence-electron chi connectivity index (χ0n) is 13.5. The molecule has 0 aliphatic rings. The highest BCUT2D eigenvalue weighted by molar-refractivity contribution is 5.90. The minimum atomic E-state index is -1.27. The van der Waals surface area contributed by atoms with Crippen molar-refractivity contribution in [3.63, 3.8) is 0 Å². The smallest absolute Gasteiger partial charge is 0.331 e. The van der Waals surface area contributed by atoms with Crippen LogP contribution in [0.25, 0.3) is 6.08 Å². The number of nitrogens with two attached hydrogens (primary N) is 1. The van der Waals surface area contributed by atoms with E-state index >= 15 is 0 Å². The lowest BCUT2D eigenvalue weighted by molar-refractivity contribution is -0.149. The second-order valence-electron chi connectivity index (χ2n) is 5.44. The fourth-order valence-corrected chi connectivity index (χ4v) is 2.10. The van der Waals surface area contributed by atoms with Crippen molar-refractivity contribution in [3.8, 4) is 23.0 Å². The molecule has 0 heterocycles. The van der Waals surface area contributed by atoms with Crippen molar-refractivity contribution < 1.29 is 34.8 Å². The lowest BCUT2D eigenvalue weighted by Crippen LogP contribution is -2.34. The third-order valence-electron chi connectivity index (χ3n) is 3.45. The zero-order valence-corrected chi connectivity index (χ0v) is 13.5. The molecule has 2 rings (SSSR count). The number of phenolic OH excluding ortho intramolecular Hbond substituents is 4. The van der Waals surface area contributed by atoms with Crippen LogP contribution in [-0.2, 0) is 20.7 Å². The van der Waals surface area contributed by atoms with Gasteiger partial charge in [-0.25, -0.2) is 4.79 Å². The van der Waals surface area contributed by atoms with E-state index in [0.717, 1.165) is 6.08 Å². The number of carbonyl (C=O) groups excluding carboxylic acids is 2. The van der Waals surface area contributed by atoms with Crippen LogP contribution in [-0.4, -0.2) is 38.4 Å². The summed E-state index contributed by atoms with van der Waals surface area (Å²) in [5.74, 6) is -3.05. The molecule has 0 fully saturated rings. The Bertz CT molecular complexity index is 861. The van der Waals surface area contributed by atoms with Gasteiger partial charge in [-0.2, -0.15) is 0 Å². The zero-order chi connectivity index (χ0) is 19.3. The predicted octanol–water partition coefficient (Wildman–Crippen LogP) is 1.16. The summed E-state index contributed by atoms with van der Waals surface area (Å²) in [4.78, 5) is 23.4. The molecule has 0 unspecified atom stereocenters. The van der Waals surface area contributed by atoms with Gasteiger partial charge in [0.05, 0.1) is 0 Å². The Balaban J connectivity index is 2.05. The molecule has 0 aliphatic heterocycles. The van der Waals surface area contributed by atoms with Gasteiger partial charge < -0.3 is 30.9 Å². The highest BCUT2D eigenvalue weighted by Gasteiger charge is 2.20. The second kappa shape index (κ2) is 7.93. The molecule has 0 aromatic heterocycles. The Labute approximate surface area is 148 Å². The van der Waals surface area contributed by atoms with Crippen LogP contribution >= 0.6 is 0 Å². The quantitative estimate of drug-likeness (QED) is 0.295. The molecule has 2 aromatic carbocycles. The molecule has 0 radical (unpaired) electrons. The number of amides is 1. The second-order valence-corrected chi connectivity index (χ2v) is 5.44. The molecule has 136 valence electrons. The Hall–Kier alpha value is -3.68. The number of primary amides is 1. The Morgan fingerprint density at radius 1 is 0.962 bits per heavy atom. The number of benzene rings is 2. The molecule has 6 N–H and O–H groups in total. The Morgan fingerprint density at radius 2 is 1.58 bits per heavy atom. The number of rotatable bonds is 6. The Morgan fingerprint density at radius 3 is 2.15 bits per heavy atom. The molecule has 0 bridgehead atoms. The third kappa shape index (κ3) is 4.91. The summed E-state index contributed by atoms with van der Waals surface area (Å²) < 4.78 is 5.01. The van der Waals surface area contributed by atoms with Crippen LogP contribution in [0.3, 0.4) is 0 Å². The molecule has 0 spiro atoms. The van der Waals surface area contributed by atoms with Crippen molar-refractivity contribution in [3.05, 3.63) is 53.6 Å². The molecule has 0 aliphatic carbocycles. The maximum atomic E-state index is 11.9. The van der Waals surface area contributed by atoms with E-state index in [2.05, 4.69) is 0 Å². The molecule has 8 nitrogen and oxygen atoms in total. The molecular formula is C18H17NO7. The van der Waals surface area contributed by atoms with Gasteiger partial charge in [0.2, 0.25) is 0 Å². The number of ether oxygens (including phenoxy) is 1. The summed E-state index contributed by atoms with van der Waals surface area (Å²) in [6.45, 7) is 0. The van der Waals surface area contributed by atoms with Gasteiger partial charge in [-0.3, -0.25) is 4.79 Å². The van der Waals surface area contributed by atoms with Gasteiger partial charge in [0.15, 0.2) is 29.1 Å². The topological polar surface area (TPSA) is 150 Å². The van der Waals surface area contributed by atoms with Crippen molar-refractivity contribution in [2.45, 2.75) is 12.5 Å². The number of phenols is 4. The first kappa shape index (κ1) is 18.7. The number of aromatic hydroxyl groups is 4. The van der Waals surface area contributed by atoms with E-state index in [1.54, 1.807) is 0 Å². The van der Waals surface area contributed by atoms with Crippen LogP contribution in [0, 0.1) is 0 Å². The molecule has 1 atom stereocenters. The van der Waals surface area contributed by atoms with Gasteiger partial charge in [-0.1, -0.05) is 12.1 Å². The fraction of sp³-hybridized carbons (Fsp3) is 0.111. The summed E-state index contributed by atoms with van der Waals surface area (Å²) >= 11 is 0. The van der Waals surface area contributed by atoms with Crippen molar-refractivity contribution in [1.29, 1.82) is 0 Å². The highest BCUT2D eigenvalue weighted by Crippen LogP contribution is 2.26. The van der Waals surface area contributed by atoms with E-state index in [4.69, 9.17) is 10.5 Å². The number of carbonyl (C=O) groups is 2. The van der Waals surface area contributed by atoms with E-state index in [-0.39, 0.29) is 29.4 Å². The van der Waals surface area contributed by atoms with E-state index in [9.17, 15) is 30.0 Å². The van der Waals surface area contributed by atoms with Crippen LogP contribution in [0.2, 0.25) is 0 Å². The fourth-order valence-electron chi connectivity index (χ4n) is 2.10. The molecule has 1 amide bonds. The molecule has 2 aromatic rings. The lowest BCUT2D eigenvalue weighted by Gasteiger charge is -2.14. The van der Waals surface area contributed by atoms with Gasteiger partial charge >= 0.3 is 5.97 Å². The van der Waals surface area contributed by atoms with E-state index in [0.29, 0.717) is 11.1 Å². The van der Waals surface area contributed by atoms with Crippen LogP contribution < -0.4 is 5.73 Å². The Kier molecular flexibility index (Phi) is 5.69. The van der Waals surface area contributed by atoms with Crippen LogP contribution in [0.15, 0.2) is 42.5 Å². The van der Waals surface area contributed by atoms with Crippen molar-refractivity contribution in [2.75, 3.05) is 0 Å². The predicted molar refractivity (Wildman–Crippen MR) is 91.4 cm³/mol. The minimum absolute atomic E-state index is 0.0806.